The van der Waals surface area contributed by atoms with Crippen LogP contribution in [0.2, 0.25) is 0 Å². The van der Waals surface area contributed by atoms with Gasteiger partial charge in [0.05, 0.1) is 0 Å². The average Bonchev–Trinajstić information content (AvgIpc) is 2.96. The molecule has 0 spiro atoms. The first-order valence-corrected chi connectivity index (χ1v) is 7.01. The Morgan fingerprint density at radius 3 is 2.57 bits per heavy atom. The molecule has 3 aromatic rings. The van der Waals surface area contributed by atoms with Gasteiger partial charge in [-0.25, -0.2) is 0 Å². The highest BCUT2D eigenvalue weighted by molar-refractivity contribution is 5.93. The molecule has 0 radical (unpaired) electrons. The molecule has 0 fully saturated rings. The number of hydrogen-bond donors (Lipinski definition) is 3. The SMILES string of the molecule is Cc1c[nH]c2ccccc12.O=C(O)CNC(=O)c1ccccn1. The standard InChI is InChI=1S/C9H9N.C8H8N2O3/c1-7-6-10-9-5-3-2-4-8(7)9;11-7(12)5-10-8(13)6-3-1-2-4-9-6/h2-6,10H,1H3;1-4H,5H2,(H,10,13)(H,11,12). The number of pyridine rings is 1. The van der Waals surface area contributed by atoms with Crippen molar-refractivity contribution in [1.29, 1.82) is 0 Å². The van der Waals surface area contributed by atoms with E-state index >= 15 is 0 Å². The normalized spacial score (nSPS) is 9.78. The molecule has 0 aliphatic carbocycles. The monoisotopic (exact) mass is 311 g/mol. The number of aryl methyl sites for hydroxylation is 1. The van der Waals surface area contributed by atoms with E-state index in [4.69, 9.17) is 5.11 Å². The van der Waals surface area contributed by atoms with Gasteiger partial charge in [-0.05, 0) is 30.7 Å². The van der Waals surface area contributed by atoms with E-state index in [0.717, 1.165) is 0 Å². The van der Waals surface area contributed by atoms with Crippen LogP contribution in [-0.4, -0.2) is 33.5 Å². The molecule has 2 aromatic heterocycles. The Morgan fingerprint density at radius 1 is 1.17 bits per heavy atom. The number of para-hydroxylation sites is 1. The van der Waals surface area contributed by atoms with Crippen LogP contribution in [0.4, 0.5) is 0 Å². The van der Waals surface area contributed by atoms with Crippen LogP contribution in [0.15, 0.2) is 54.9 Å². The first kappa shape index (κ1) is 16.2. The van der Waals surface area contributed by atoms with Crippen molar-refractivity contribution in [2.24, 2.45) is 0 Å². The molecular formula is C17H17N3O3. The molecule has 6 heteroatoms. The maximum atomic E-state index is 11.1. The second-order valence-electron chi connectivity index (χ2n) is 4.81. The predicted molar refractivity (Wildman–Crippen MR) is 87.2 cm³/mol. The number of nitrogens with zero attached hydrogens (tertiary/aromatic N) is 1. The summed E-state index contributed by atoms with van der Waals surface area (Å²) in [5.74, 6) is -1.56. The molecule has 3 N–H and O–H groups in total. The number of benzene rings is 1. The Morgan fingerprint density at radius 2 is 1.91 bits per heavy atom. The number of nitrogens with one attached hydrogen (secondary N) is 2. The molecule has 0 unspecified atom stereocenters. The van der Waals surface area contributed by atoms with Gasteiger partial charge in [0, 0.05) is 23.3 Å². The second kappa shape index (κ2) is 7.74. The van der Waals surface area contributed by atoms with Crippen molar-refractivity contribution in [2.75, 3.05) is 6.54 Å². The third-order valence-electron chi connectivity index (χ3n) is 3.09. The highest BCUT2D eigenvalue weighted by Crippen LogP contribution is 2.15. The van der Waals surface area contributed by atoms with E-state index in [-0.39, 0.29) is 5.69 Å². The van der Waals surface area contributed by atoms with Gasteiger partial charge in [-0.15, -0.1) is 0 Å². The molecule has 1 amide bonds. The lowest BCUT2D eigenvalue weighted by Crippen LogP contribution is -2.29. The molecule has 0 bridgehead atoms. The molecule has 23 heavy (non-hydrogen) atoms. The molecule has 0 saturated carbocycles. The van der Waals surface area contributed by atoms with Crippen LogP contribution in [0.5, 0.6) is 0 Å². The fraction of sp³-hybridized carbons (Fsp3) is 0.118. The highest BCUT2D eigenvalue weighted by atomic mass is 16.4. The molecule has 2 heterocycles. The van der Waals surface area contributed by atoms with Crippen LogP contribution in [0.25, 0.3) is 10.9 Å². The molecular weight excluding hydrogens is 294 g/mol. The molecule has 0 atom stereocenters. The third kappa shape index (κ3) is 4.67. The number of amides is 1. The van der Waals surface area contributed by atoms with Gasteiger partial charge in [0.2, 0.25) is 0 Å². The van der Waals surface area contributed by atoms with Crippen molar-refractivity contribution < 1.29 is 14.7 Å². The summed E-state index contributed by atoms with van der Waals surface area (Å²) < 4.78 is 0. The number of H-pyrrole nitrogens is 1. The van der Waals surface area contributed by atoms with Crippen molar-refractivity contribution >= 4 is 22.8 Å². The summed E-state index contributed by atoms with van der Waals surface area (Å²) in [6.07, 6.45) is 3.50. The zero-order chi connectivity index (χ0) is 16.7. The molecule has 3 rings (SSSR count). The molecule has 118 valence electrons. The van der Waals surface area contributed by atoms with Gasteiger partial charge < -0.3 is 15.4 Å². The van der Waals surface area contributed by atoms with Crippen LogP contribution in [0.3, 0.4) is 0 Å². The third-order valence-corrected chi connectivity index (χ3v) is 3.09. The zero-order valence-electron chi connectivity index (χ0n) is 12.6. The van der Waals surface area contributed by atoms with Crippen molar-refractivity contribution in [3.63, 3.8) is 0 Å². The second-order valence-corrected chi connectivity index (χ2v) is 4.81. The molecule has 1 aromatic carbocycles. The number of fused-ring (bicyclic) bond motifs is 1. The number of carboxylic acids is 1. The number of hydrogen-bond acceptors (Lipinski definition) is 3. The van der Waals surface area contributed by atoms with Gasteiger partial charge in [0.25, 0.3) is 5.91 Å². The van der Waals surface area contributed by atoms with Gasteiger partial charge in [-0.3, -0.25) is 14.6 Å². The lowest BCUT2D eigenvalue weighted by atomic mass is 10.2. The average molecular weight is 311 g/mol. The Kier molecular flexibility index (Phi) is 5.46. The van der Waals surface area contributed by atoms with Gasteiger partial charge in [-0.2, -0.15) is 0 Å². The smallest absolute Gasteiger partial charge is 0.322 e. The van der Waals surface area contributed by atoms with Crippen molar-refractivity contribution in [2.45, 2.75) is 6.92 Å². The maximum Gasteiger partial charge on any atom is 0.322 e. The van der Waals surface area contributed by atoms with E-state index in [1.165, 1.54) is 28.7 Å². The van der Waals surface area contributed by atoms with Crippen LogP contribution in [0.1, 0.15) is 16.1 Å². The van der Waals surface area contributed by atoms with Crippen LogP contribution >= 0.6 is 0 Å². The first-order chi connectivity index (χ1) is 11.1. The van der Waals surface area contributed by atoms with E-state index in [2.05, 4.69) is 40.4 Å². The van der Waals surface area contributed by atoms with E-state index in [1.54, 1.807) is 12.1 Å². The highest BCUT2D eigenvalue weighted by Gasteiger charge is 2.06. The van der Waals surface area contributed by atoms with Gasteiger partial charge in [0.15, 0.2) is 0 Å². The largest absolute Gasteiger partial charge is 0.480 e. The zero-order valence-corrected chi connectivity index (χ0v) is 12.6. The Balaban J connectivity index is 0.000000172. The number of aromatic amines is 1. The number of rotatable bonds is 3. The summed E-state index contributed by atoms with van der Waals surface area (Å²) in [4.78, 5) is 28.2. The minimum Gasteiger partial charge on any atom is -0.480 e. The number of carbonyl (C=O) groups is 2. The molecule has 0 aliphatic rings. The van der Waals surface area contributed by atoms with Crippen LogP contribution in [-0.2, 0) is 4.79 Å². The minimum atomic E-state index is -1.08. The van der Waals surface area contributed by atoms with E-state index in [9.17, 15) is 9.59 Å². The van der Waals surface area contributed by atoms with Crippen molar-refractivity contribution in [3.8, 4) is 0 Å². The Labute approximate surface area is 133 Å². The number of carbonyl (C=O) groups excluding carboxylic acids is 1. The van der Waals surface area contributed by atoms with Gasteiger partial charge >= 0.3 is 5.97 Å². The number of aromatic nitrogens is 2. The summed E-state index contributed by atoms with van der Waals surface area (Å²) >= 11 is 0. The van der Waals surface area contributed by atoms with Crippen molar-refractivity contribution in [1.82, 2.24) is 15.3 Å². The van der Waals surface area contributed by atoms with Crippen LogP contribution < -0.4 is 5.32 Å². The lowest BCUT2D eigenvalue weighted by Gasteiger charge is -1.99. The van der Waals surface area contributed by atoms with E-state index < -0.39 is 18.4 Å². The van der Waals surface area contributed by atoms with Crippen molar-refractivity contribution in [3.05, 3.63) is 66.1 Å². The molecule has 6 nitrogen and oxygen atoms in total. The topological polar surface area (TPSA) is 95.1 Å². The van der Waals surface area contributed by atoms with Gasteiger partial charge in [-0.1, -0.05) is 24.3 Å². The quantitative estimate of drug-likeness (QED) is 0.692. The fourth-order valence-electron chi connectivity index (χ4n) is 1.96. The first-order valence-electron chi connectivity index (χ1n) is 7.01. The molecule has 0 aliphatic heterocycles. The summed E-state index contributed by atoms with van der Waals surface area (Å²) in [5, 5.41) is 11.8. The predicted octanol–water partition coefficient (Wildman–Crippen LogP) is 2.37. The van der Waals surface area contributed by atoms with E-state index in [1.807, 2.05) is 12.3 Å². The van der Waals surface area contributed by atoms with Gasteiger partial charge in [0.1, 0.15) is 12.2 Å². The molecule has 0 saturated heterocycles. The summed E-state index contributed by atoms with van der Waals surface area (Å²) in [6, 6.07) is 13.2. The lowest BCUT2D eigenvalue weighted by molar-refractivity contribution is -0.135. The fourth-order valence-corrected chi connectivity index (χ4v) is 1.96. The van der Waals surface area contributed by atoms with E-state index in [0.29, 0.717) is 0 Å². The number of aliphatic carboxylic acids is 1. The summed E-state index contributed by atoms with van der Waals surface area (Å²) in [6.45, 7) is 1.72. The summed E-state index contributed by atoms with van der Waals surface area (Å²) in [5.41, 5.74) is 2.75. The maximum absolute atomic E-state index is 11.1. The number of carboxylic acid groups (broad SMARTS) is 1. The minimum absolute atomic E-state index is 0.212. The Hall–Kier alpha value is -3.15. The Bertz CT molecular complexity index is 797. The van der Waals surface area contributed by atoms with Crippen LogP contribution in [0, 0.1) is 6.92 Å². The summed E-state index contributed by atoms with van der Waals surface area (Å²) in [7, 11) is 0.